The molecule has 0 aliphatic carbocycles. The maximum atomic E-state index is 15.3. The average Bonchev–Trinajstić information content (AvgIpc) is 3.47. The normalized spacial score (nSPS) is 16.3. The van der Waals surface area contributed by atoms with Crippen LogP contribution in [0.2, 0.25) is 0 Å². The summed E-state index contributed by atoms with van der Waals surface area (Å²) in [6, 6.07) is 17.9. The zero-order valence-electron chi connectivity index (χ0n) is 24.7. The number of fused-ring (bicyclic) bond motifs is 1. The molecule has 1 atom stereocenters. The van der Waals surface area contributed by atoms with Crippen molar-refractivity contribution >= 4 is 29.7 Å². The molecule has 0 spiro atoms. The molecule has 2 aliphatic heterocycles. The van der Waals surface area contributed by atoms with E-state index < -0.39 is 48.2 Å². The molecule has 4 amide bonds. The molecule has 0 radical (unpaired) electrons. The van der Waals surface area contributed by atoms with E-state index >= 15 is 4.39 Å². The van der Waals surface area contributed by atoms with Crippen LogP contribution in [-0.4, -0.2) is 71.8 Å². The SMILES string of the molecule is CC(C)(C)OC(=O)N(CCCF)Cc1ccc(-c2ccc(N3CC(CN4C(=O)c5ccccc5C4=O)OC3=O)cc2F)cc1. The van der Waals surface area contributed by atoms with Gasteiger partial charge < -0.3 is 14.4 Å². The van der Waals surface area contributed by atoms with Crippen molar-refractivity contribution in [3.63, 3.8) is 0 Å². The van der Waals surface area contributed by atoms with Crippen molar-refractivity contribution in [2.45, 2.75) is 45.4 Å². The van der Waals surface area contributed by atoms with Crippen LogP contribution in [0.1, 0.15) is 53.5 Å². The molecular weight excluding hydrogens is 572 g/mol. The number of anilines is 1. The number of benzene rings is 3. The molecule has 1 fully saturated rings. The van der Waals surface area contributed by atoms with E-state index in [0.29, 0.717) is 22.3 Å². The molecule has 44 heavy (non-hydrogen) atoms. The quantitative estimate of drug-likeness (QED) is 0.269. The third-order valence-corrected chi connectivity index (χ3v) is 7.25. The number of alkyl halides is 1. The molecular formula is C33H33F2N3O6. The van der Waals surface area contributed by atoms with Crippen LogP contribution in [0, 0.1) is 5.82 Å². The summed E-state index contributed by atoms with van der Waals surface area (Å²) in [5, 5.41) is 0. The summed E-state index contributed by atoms with van der Waals surface area (Å²) in [4.78, 5) is 54.4. The first-order valence-electron chi connectivity index (χ1n) is 14.3. The lowest BCUT2D eigenvalue weighted by Gasteiger charge is -2.27. The van der Waals surface area contributed by atoms with E-state index in [-0.39, 0.29) is 38.3 Å². The van der Waals surface area contributed by atoms with Crippen molar-refractivity contribution in [3.05, 3.63) is 89.2 Å². The number of carbonyl (C=O) groups is 4. The van der Waals surface area contributed by atoms with Crippen molar-refractivity contribution in [3.8, 4) is 11.1 Å². The third kappa shape index (κ3) is 6.56. The predicted octanol–water partition coefficient (Wildman–Crippen LogP) is 6.21. The van der Waals surface area contributed by atoms with E-state index in [2.05, 4.69) is 0 Å². The highest BCUT2D eigenvalue weighted by molar-refractivity contribution is 6.21. The van der Waals surface area contributed by atoms with Gasteiger partial charge >= 0.3 is 12.2 Å². The largest absolute Gasteiger partial charge is 0.444 e. The number of halogens is 2. The topological polar surface area (TPSA) is 96.5 Å². The molecule has 2 heterocycles. The van der Waals surface area contributed by atoms with Gasteiger partial charge in [0, 0.05) is 18.7 Å². The van der Waals surface area contributed by atoms with Crippen molar-refractivity contribution in [1.82, 2.24) is 9.80 Å². The van der Waals surface area contributed by atoms with Crippen LogP contribution in [-0.2, 0) is 16.0 Å². The Morgan fingerprint density at radius 2 is 1.64 bits per heavy atom. The van der Waals surface area contributed by atoms with Gasteiger partial charge in [-0.05, 0) is 68.7 Å². The first-order chi connectivity index (χ1) is 20.9. The van der Waals surface area contributed by atoms with Gasteiger partial charge in [-0.15, -0.1) is 0 Å². The summed E-state index contributed by atoms with van der Waals surface area (Å²) in [5.41, 5.74) is 1.85. The lowest BCUT2D eigenvalue weighted by molar-refractivity contribution is 0.0228. The first kappa shape index (κ1) is 30.7. The predicted molar refractivity (Wildman–Crippen MR) is 158 cm³/mol. The van der Waals surface area contributed by atoms with E-state index in [9.17, 15) is 23.6 Å². The van der Waals surface area contributed by atoms with E-state index in [4.69, 9.17) is 9.47 Å². The van der Waals surface area contributed by atoms with E-state index in [1.54, 1.807) is 81.4 Å². The third-order valence-electron chi connectivity index (χ3n) is 7.25. The molecule has 5 rings (SSSR count). The van der Waals surface area contributed by atoms with Gasteiger partial charge in [0.2, 0.25) is 0 Å². The minimum absolute atomic E-state index is 0.0380. The molecule has 0 N–H and O–H groups in total. The van der Waals surface area contributed by atoms with Gasteiger partial charge in [-0.3, -0.25) is 23.8 Å². The van der Waals surface area contributed by atoms with E-state index in [1.165, 1.54) is 15.9 Å². The number of cyclic esters (lactones) is 1. The number of nitrogens with zero attached hydrogens (tertiary/aromatic N) is 3. The molecule has 11 heteroatoms. The number of hydrogen-bond acceptors (Lipinski definition) is 6. The zero-order valence-corrected chi connectivity index (χ0v) is 24.7. The molecule has 0 aromatic heterocycles. The second kappa shape index (κ2) is 12.4. The summed E-state index contributed by atoms with van der Waals surface area (Å²) in [7, 11) is 0. The van der Waals surface area contributed by atoms with Crippen LogP contribution >= 0.6 is 0 Å². The van der Waals surface area contributed by atoms with Gasteiger partial charge in [0.05, 0.1) is 36.6 Å². The minimum Gasteiger partial charge on any atom is -0.444 e. The zero-order chi connectivity index (χ0) is 31.6. The molecule has 230 valence electrons. The molecule has 3 aromatic carbocycles. The van der Waals surface area contributed by atoms with Crippen LogP contribution in [0.3, 0.4) is 0 Å². The van der Waals surface area contributed by atoms with Crippen molar-refractivity contribution in [1.29, 1.82) is 0 Å². The first-order valence-corrected chi connectivity index (χ1v) is 14.3. The fourth-order valence-electron chi connectivity index (χ4n) is 5.16. The maximum Gasteiger partial charge on any atom is 0.414 e. The standard InChI is InChI=1S/C33H33F2N3O6/c1-33(2,3)44-31(41)36(16-6-15-34)18-21-9-11-22(12-10-21)25-14-13-23(17-28(25)35)37-19-24(43-32(37)42)20-38-29(39)26-7-4-5-8-27(26)30(38)40/h4-5,7-14,17,24H,6,15-16,18-20H2,1-3H3. The monoisotopic (exact) mass is 605 g/mol. The van der Waals surface area contributed by atoms with Gasteiger partial charge in [-0.25, -0.2) is 14.0 Å². The van der Waals surface area contributed by atoms with Crippen LogP contribution < -0.4 is 4.90 Å². The van der Waals surface area contributed by atoms with Crippen LogP contribution in [0.25, 0.3) is 11.1 Å². The summed E-state index contributed by atoms with van der Waals surface area (Å²) in [6.45, 7) is 5.05. The highest BCUT2D eigenvalue weighted by atomic mass is 19.1. The smallest absolute Gasteiger partial charge is 0.414 e. The van der Waals surface area contributed by atoms with Crippen molar-refractivity contribution < 1.29 is 37.4 Å². The fourth-order valence-corrected chi connectivity index (χ4v) is 5.16. The Hall–Kier alpha value is -4.80. The van der Waals surface area contributed by atoms with Crippen LogP contribution in [0.5, 0.6) is 0 Å². The van der Waals surface area contributed by atoms with Gasteiger partial charge in [0.15, 0.2) is 0 Å². The van der Waals surface area contributed by atoms with Gasteiger partial charge in [0.1, 0.15) is 17.5 Å². The van der Waals surface area contributed by atoms with Gasteiger partial charge in [-0.2, -0.15) is 0 Å². The molecule has 2 aliphatic rings. The van der Waals surface area contributed by atoms with Crippen LogP contribution in [0.4, 0.5) is 24.1 Å². The Morgan fingerprint density at radius 3 is 2.23 bits per heavy atom. The Bertz CT molecular complexity index is 1550. The number of rotatable bonds is 9. The van der Waals surface area contributed by atoms with Gasteiger partial charge in [0.25, 0.3) is 11.8 Å². The second-order valence-electron chi connectivity index (χ2n) is 11.7. The maximum absolute atomic E-state index is 15.3. The fraction of sp³-hybridized carbons (Fsp3) is 0.333. The lowest BCUT2D eigenvalue weighted by Crippen LogP contribution is -2.38. The number of imide groups is 1. The molecule has 1 saturated heterocycles. The van der Waals surface area contributed by atoms with Crippen LogP contribution in [0.15, 0.2) is 66.7 Å². The molecule has 0 bridgehead atoms. The highest BCUT2D eigenvalue weighted by Crippen LogP contribution is 2.31. The number of hydrogen-bond donors (Lipinski definition) is 0. The summed E-state index contributed by atoms with van der Waals surface area (Å²) >= 11 is 0. The number of carbonyl (C=O) groups excluding carboxylic acids is 4. The Balaban J connectivity index is 1.24. The Labute approximate surface area is 253 Å². The molecule has 3 aromatic rings. The number of amides is 4. The van der Waals surface area contributed by atoms with Crippen molar-refractivity contribution in [2.24, 2.45) is 0 Å². The van der Waals surface area contributed by atoms with E-state index in [0.717, 1.165) is 10.5 Å². The average molecular weight is 606 g/mol. The van der Waals surface area contributed by atoms with E-state index in [1.807, 2.05) is 0 Å². The van der Waals surface area contributed by atoms with Crippen molar-refractivity contribution in [2.75, 3.05) is 31.2 Å². The lowest BCUT2D eigenvalue weighted by atomic mass is 10.0. The molecule has 0 saturated carbocycles. The molecule has 1 unspecified atom stereocenters. The molecule has 9 nitrogen and oxygen atoms in total. The summed E-state index contributed by atoms with van der Waals surface area (Å²) < 4.78 is 39.0. The summed E-state index contributed by atoms with van der Waals surface area (Å²) in [6.07, 6.45) is -1.83. The minimum atomic E-state index is -0.773. The summed E-state index contributed by atoms with van der Waals surface area (Å²) in [5.74, 6) is -1.46. The highest BCUT2D eigenvalue weighted by Gasteiger charge is 2.40. The Morgan fingerprint density at radius 1 is 0.977 bits per heavy atom. The Kier molecular flexibility index (Phi) is 8.66. The second-order valence-corrected chi connectivity index (χ2v) is 11.7. The van der Waals surface area contributed by atoms with Gasteiger partial charge in [-0.1, -0.05) is 36.4 Å². The number of ether oxygens (including phenoxy) is 2.